The highest BCUT2D eigenvalue weighted by Crippen LogP contribution is 2.16. The van der Waals surface area contributed by atoms with Crippen LogP contribution in [0.2, 0.25) is 0 Å². The predicted octanol–water partition coefficient (Wildman–Crippen LogP) is 1.94. The minimum atomic E-state index is -3.78. The smallest absolute Gasteiger partial charge is 0.338 e. The van der Waals surface area contributed by atoms with E-state index in [4.69, 9.17) is 9.47 Å². The molecule has 0 saturated carbocycles. The van der Waals surface area contributed by atoms with Crippen LogP contribution in [0.15, 0.2) is 59.5 Å². The van der Waals surface area contributed by atoms with Crippen molar-refractivity contribution in [3.8, 4) is 0 Å². The Balaban J connectivity index is 1.51. The molecule has 8 nitrogen and oxygen atoms in total. The van der Waals surface area contributed by atoms with Gasteiger partial charge in [-0.3, -0.25) is 9.52 Å². The summed E-state index contributed by atoms with van der Waals surface area (Å²) < 4.78 is 37.6. The third-order valence-electron chi connectivity index (χ3n) is 4.31. The van der Waals surface area contributed by atoms with Crippen molar-refractivity contribution < 1.29 is 27.5 Å². The third-order valence-corrected chi connectivity index (χ3v) is 5.71. The quantitative estimate of drug-likeness (QED) is 0.634. The number of nitrogens with one attached hydrogen (secondary N) is 2. The lowest BCUT2D eigenvalue weighted by atomic mass is 10.2. The summed E-state index contributed by atoms with van der Waals surface area (Å²) in [6.07, 6.45) is 1.88. The van der Waals surface area contributed by atoms with Crippen LogP contribution in [0.5, 0.6) is 0 Å². The maximum atomic E-state index is 12.4. The van der Waals surface area contributed by atoms with Crippen LogP contribution in [0.4, 0.5) is 5.69 Å². The van der Waals surface area contributed by atoms with Gasteiger partial charge in [-0.1, -0.05) is 18.2 Å². The van der Waals surface area contributed by atoms with Gasteiger partial charge in [0.05, 0.1) is 16.6 Å². The molecule has 1 aliphatic rings. The average Bonchev–Trinajstić information content (AvgIpc) is 3.25. The number of hydrogen-bond acceptors (Lipinski definition) is 6. The van der Waals surface area contributed by atoms with E-state index in [0.29, 0.717) is 18.8 Å². The Morgan fingerprint density at radius 1 is 1.07 bits per heavy atom. The molecule has 1 heterocycles. The Morgan fingerprint density at radius 3 is 2.45 bits per heavy atom. The molecule has 0 aromatic heterocycles. The highest BCUT2D eigenvalue weighted by molar-refractivity contribution is 7.92. The zero-order valence-corrected chi connectivity index (χ0v) is 16.5. The van der Waals surface area contributed by atoms with Crippen molar-refractivity contribution in [1.29, 1.82) is 0 Å². The zero-order valence-electron chi connectivity index (χ0n) is 15.7. The molecule has 0 bridgehead atoms. The van der Waals surface area contributed by atoms with Gasteiger partial charge in [-0.2, -0.15) is 0 Å². The molecule has 1 saturated heterocycles. The van der Waals surface area contributed by atoms with Gasteiger partial charge in [0.1, 0.15) is 0 Å². The number of esters is 1. The lowest BCUT2D eigenvalue weighted by molar-refractivity contribution is -0.124. The third kappa shape index (κ3) is 6.03. The largest absolute Gasteiger partial charge is 0.452 e. The number of hydrogen-bond donors (Lipinski definition) is 2. The van der Waals surface area contributed by atoms with E-state index in [9.17, 15) is 18.0 Å². The topological polar surface area (TPSA) is 111 Å². The fourth-order valence-electron chi connectivity index (χ4n) is 2.79. The van der Waals surface area contributed by atoms with E-state index in [1.54, 1.807) is 30.3 Å². The van der Waals surface area contributed by atoms with Crippen molar-refractivity contribution in [2.45, 2.75) is 23.8 Å². The Hall–Kier alpha value is -2.91. The molecule has 0 unspecified atom stereocenters. The Kier molecular flexibility index (Phi) is 6.84. The summed E-state index contributed by atoms with van der Waals surface area (Å²) in [6, 6.07) is 13.8. The van der Waals surface area contributed by atoms with Crippen LogP contribution in [-0.4, -0.2) is 46.2 Å². The molecule has 2 aromatic rings. The maximum absolute atomic E-state index is 12.4. The monoisotopic (exact) mass is 418 g/mol. The Morgan fingerprint density at radius 2 is 1.79 bits per heavy atom. The zero-order chi connectivity index (χ0) is 20.7. The van der Waals surface area contributed by atoms with Gasteiger partial charge in [0.15, 0.2) is 6.61 Å². The van der Waals surface area contributed by atoms with Crippen LogP contribution < -0.4 is 10.0 Å². The number of anilines is 1. The van der Waals surface area contributed by atoms with Crippen molar-refractivity contribution in [2.24, 2.45) is 0 Å². The molecule has 1 fully saturated rings. The lowest BCUT2D eigenvalue weighted by Crippen LogP contribution is -2.34. The van der Waals surface area contributed by atoms with Crippen molar-refractivity contribution >= 4 is 27.6 Å². The summed E-state index contributed by atoms with van der Waals surface area (Å²) in [5.74, 6) is -1.13. The van der Waals surface area contributed by atoms with E-state index in [2.05, 4.69) is 10.0 Å². The van der Waals surface area contributed by atoms with Gasteiger partial charge in [-0.25, -0.2) is 13.2 Å². The van der Waals surface area contributed by atoms with Gasteiger partial charge < -0.3 is 14.8 Å². The molecule has 1 amide bonds. The number of amides is 1. The summed E-state index contributed by atoms with van der Waals surface area (Å²) >= 11 is 0. The van der Waals surface area contributed by atoms with E-state index in [1.807, 2.05) is 0 Å². The summed E-state index contributed by atoms with van der Waals surface area (Å²) in [4.78, 5) is 23.8. The van der Waals surface area contributed by atoms with Gasteiger partial charge in [0.25, 0.3) is 15.9 Å². The molecular formula is C20H22N2O6S. The summed E-state index contributed by atoms with van der Waals surface area (Å²) in [5, 5.41) is 2.65. The molecule has 0 radical (unpaired) electrons. The summed E-state index contributed by atoms with van der Waals surface area (Å²) in [5.41, 5.74) is 0.584. The first-order chi connectivity index (χ1) is 13.9. The van der Waals surface area contributed by atoms with E-state index < -0.39 is 28.5 Å². The van der Waals surface area contributed by atoms with Crippen molar-refractivity contribution in [3.05, 3.63) is 60.2 Å². The first-order valence-electron chi connectivity index (χ1n) is 9.17. The molecule has 1 atom stereocenters. The molecule has 3 rings (SSSR count). The minimum Gasteiger partial charge on any atom is -0.452 e. The number of sulfonamides is 1. The van der Waals surface area contributed by atoms with Gasteiger partial charge in [0, 0.05) is 18.8 Å². The lowest BCUT2D eigenvalue weighted by Gasteiger charge is -2.11. The fourth-order valence-corrected chi connectivity index (χ4v) is 3.85. The van der Waals surface area contributed by atoms with Crippen LogP contribution in [0.25, 0.3) is 0 Å². The Bertz CT molecular complexity index is 939. The summed E-state index contributed by atoms with van der Waals surface area (Å²) in [7, 11) is -3.78. The average molecular weight is 418 g/mol. The van der Waals surface area contributed by atoms with Gasteiger partial charge in [-0.05, 0) is 49.2 Å². The fraction of sp³-hybridized carbons (Fsp3) is 0.300. The second kappa shape index (κ2) is 9.53. The molecule has 2 N–H and O–H groups in total. The van der Waals surface area contributed by atoms with Gasteiger partial charge >= 0.3 is 5.97 Å². The number of benzene rings is 2. The molecule has 29 heavy (non-hydrogen) atoms. The van der Waals surface area contributed by atoms with Crippen LogP contribution in [0.3, 0.4) is 0 Å². The van der Waals surface area contributed by atoms with Gasteiger partial charge in [-0.15, -0.1) is 0 Å². The molecule has 0 aliphatic carbocycles. The number of ether oxygens (including phenoxy) is 2. The van der Waals surface area contributed by atoms with Crippen molar-refractivity contribution in [3.63, 3.8) is 0 Å². The minimum absolute atomic E-state index is 0.00668. The molecule has 0 spiro atoms. The van der Waals surface area contributed by atoms with Gasteiger partial charge in [0.2, 0.25) is 0 Å². The Labute approximate surface area is 169 Å². The molecule has 1 aliphatic heterocycles. The molecule has 9 heteroatoms. The van der Waals surface area contributed by atoms with Crippen LogP contribution in [0, 0.1) is 0 Å². The SMILES string of the molecule is O=C(COC(=O)c1ccc(S(=O)(=O)Nc2ccccc2)cc1)NC[C@H]1CCCO1. The van der Waals surface area contributed by atoms with E-state index >= 15 is 0 Å². The number of carbonyl (C=O) groups is 2. The van der Waals surface area contributed by atoms with Crippen molar-refractivity contribution in [1.82, 2.24) is 5.32 Å². The first kappa shape index (κ1) is 20.8. The van der Waals surface area contributed by atoms with E-state index in [-0.39, 0.29) is 16.6 Å². The van der Waals surface area contributed by atoms with Crippen LogP contribution >= 0.6 is 0 Å². The van der Waals surface area contributed by atoms with Crippen molar-refractivity contribution in [2.75, 3.05) is 24.5 Å². The van der Waals surface area contributed by atoms with Crippen LogP contribution in [-0.2, 0) is 24.3 Å². The van der Waals surface area contributed by atoms with E-state index in [0.717, 1.165) is 12.8 Å². The second-order valence-electron chi connectivity index (χ2n) is 6.51. The van der Waals surface area contributed by atoms with E-state index in [1.165, 1.54) is 24.3 Å². The first-order valence-corrected chi connectivity index (χ1v) is 10.7. The second-order valence-corrected chi connectivity index (χ2v) is 8.19. The summed E-state index contributed by atoms with van der Waals surface area (Å²) in [6.45, 7) is 0.667. The maximum Gasteiger partial charge on any atom is 0.338 e. The number of para-hydroxylation sites is 1. The molecular weight excluding hydrogens is 396 g/mol. The normalized spacial score (nSPS) is 16.2. The number of rotatable bonds is 8. The van der Waals surface area contributed by atoms with Crippen LogP contribution in [0.1, 0.15) is 23.2 Å². The molecule has 154 valence electrons. The predicted molar refractivity (Wildman–Crippen MR) is 106 cm³/mol. The number of carbonyl (C=O) groups excluding carboxylic acids is 2. The standard InChI is InChI=1S/C20H22N2O6S/c23-19(21-13-17-7-4-12-27-17)14-28-20(24)15-8-10-18(11-9-15)29(25,26)22-16-5-2-1-3-6-16/h1-3,5-6,8-11,17,22H,4,7,12-14H2,(H,21,23)/t17-/m1/s1. The highest BCUT2D eigenvalue weighted by atomic mass is 32.2. The molecule has 2 aromatic carbocycles. The highest BCUT2D eigenvalue weighted by Gasteiger charge is 2.18.